The molecule has 2 aliphatic rings. The zero-order valence-electron chi connectivity index (χ0n) is 18.2. The van der Waals surface area contributed by atoms with Crippen LogP contribution < -0.4 is 5.32 Å². The average molecular weight is 445 g/mol. The molecular weight excluding hydrogens is 420 g/mol. The van der Waals surface area contributed by atoms with E-state index < -0.39 is 47.1 Å². The third-order valence-corrected chi connectivity index (χ3v) is 5.42. The van der Waals surface area contributed by atoms with Crippen molar-refractivity contribution in [1.82, 2.24) is 9.80 Å². The van der Waals surface area contributed by atoms with Gasteiger partial charge in [-0.1, -0.05) is 0 Å². The summed E-state index contributed by atoms with van der Waals surface area (Å²) in [5.41, 5.74) is -1.39. The molecule has 1 N–H and O–H groups in total. The number of nitriles is 2. The van der Waals surface area contributed by atoms with Crippen molar-refractivity contribution in [3.8, 4) is 12.1 Å². The number of anilines is 1. The van der Waals surface area contributed by atoms with Gasteiger partial charge in [0.25, 0.3) is 0 Å². The van der Waals surface area contributed by atoms with Crippen molar-refractivity contribution >= 4 is 17.7 Å². The smallest absolute Gasteiger partial charge is 0.411 e. The summed E-state index contributed by atoms with van der Waals surface area (Å²) < 4.78 is 34.1. The maximum absolute atomic E-state index is 14.4. The highest BCUT2D eigenvalue weighted by molar-refractivity contribution is 5.87. The van der Waals surface area contributed by atoms with Gasteiger partial charge in [-0.15, -0.1) is 0 Å². The molecule has 2 heterocycles. The zero-order valence-corrected chi connectivity index (χ0v) is 18.2. The Morgan fingerprint density at radius 3 is 2.41 bits per heavy atom. The Kier molecular flexibility index (Phi) is 6.54. The second-order valence-corrected chi connectivity index (χ2v) is 8.97. The van der Waals surface area contributed by atoms with E-state index in [1.807, 2.05) is 0 Å². The van der Waals surface area contributed by atoms with Gasteiger partial charge in [-0.05, 0) is 52.2 Å². The predicted octanol–water partition coefficient (Wildman–Crippen LogP) is 3.14. The number of ether oxygens (including phenoxy) is 1. The van der Waals surface area contributed by atoms with Crippen molar-refractivity contribution in [2.24, 2.45) is 0 Å². The van der Waals surface area contributed by atoms with Gasteiger partial charge < -0.3 is 15.0 Å². The van der Waals surface area contributed by atoms with Gasteiger partial charge in [-0.3, -0.25) is 9.69 Å². The van der Waals surface area contributed by atoms with Crippen LogP contribution in [-0.4, -0.2) is 58.6 Å². The van der Waals surface area contributed by atoms with E-state index in [0.29, 0.717) is 19.4 Å². The van der Waals surface area contributed by atoms with Crippen LogP contribution in [0.15, 0.2) is 12.1 Å². The predicted molar refractivity (Wildman–Crippen MR) is 110 cm³/mol. The number of carbonyl (C=O) groups excluding carboxylic acids is 2. The second kappa shape index (κ2) is 8.99. The molecule has 0 spiro atoms. The van der Waals surface area contributed by atoms with Crippen LogP contribution >= 0.6 is 0 Å². The first-order valence-corrected chi connectivity index (χ1v) is 10.4. The standard InChI is InChI=1S/C22H25F2N5O3/c1-22(2,3)32-21(31)29-12-14(27-19-16(23)7-13(10-25)8-17(19)24)9-18(29)20(30)28-6-4-5-15(28)11-26/h7-8,14-15,18,27H,4-6,9,12H2,1-3H3/t14-,15-,18-/m0/s1. The van der Waals surface area contributed by atoms with Crippen molar-refractivity contribution in [1.29, 1.82) is 10.5 Å². The fourth-order valence-corrected chi connectivity index (χ4v) is 4.03. The topological polar surface area (TPSA) is 109 Å². The molecule has 0 unspecified atom stereocenters. The molecule has 2 saturated heterocycles. The van der Waals surface area contributed by atoms with Gasteiger partial charge in [0.05, 0.1) is 17.7 Å². The molecule has 0 radical (unpaired) electrons. The summed E-state index contributed by atoms with van der Waals surface area (Å²) in [6, 6.07) is 3.48. The van der Waals surface area contributed by atoms with Gasteiger partial charge in [0, 0.05) is 19.1 Å². The number of nitrogens with zero attached hydrogens (tertiary/aromatic N) is 4. The summed E-state index contributed by atoms with van der Waals surface area (Å²) in [7, 11) is 0. The highest BCUT2D eigenvalue weighted by atomic mass is 19.1. The van der Waals surface area contributed by atoms with Crippen LogP contribution in [0.25, 0.3) is 0 Å². The number of amides is 2. The Hall–Kier alpha value is -3.40. The first kappa shape index (κ1) is 23.3. The van der Waals surface area contributed by atoms with Crippen LogP contribution in [0.3, 0.4) is 0 Å². The summed E-state index contributed by atoms with van der Waals surface area (Å²) >= 11 is 0. The van der Waals surface area contributed by atoms with Crippen molar-refractivity contribution in [2.75, 3.05) is 18.4 Å². The summed E-state index contributed by atoms with van der Waals surface area (Å²) in [5, 5.41) is 20.9. The van der Waals surface area contributed by atoms with Crippen molar-refractivity contribution in [2.45, 2.75) is 63.8 Å². The summed E-state index contributed by atoms with van der Waals surface area (Å²) in [6.07, 6.45) is 0.622. The van der Waals surface area contributed by atoms with Crippen molar-refractivity contribution in [3.05, 3.63) is 29.3 Å². The highest BCUT2D eigenvalue weighted by Crippen LogP contribution is 2.30. The van der Waals surface area contributed by atoms with E-state index in [2.05, 4.69) is 11.4 Å². The Morgan fingerprint density at radius 2 is 1.84 bits per heavy atom. The van der Waals surface area contributed by atoms with Gasteiger partial charge in [0.1, 0.15) is 23.4 Å². The molecule has 8 nitrogen and oxygen atoms in total. The van der Waals surface area contributed by atoms with Crippen molar-refractivity contribution in [3.63, 3.8) is 0 Å². The Bertz CT molecular complexity index is 972. The Labute approximate surface area is 185 Å². The van der Waals surface area contributed by atoms with Crippen LogP contribution in [-0.2, 0) is 9.53 Å². The number of carbonyl (C=O) groups is 2. The molecule has 0 saturated carbocycles. The van der Waals surface area contributed by atoms with E-state index in [-0.39, 0.29) is 24.4 Å². The Morgan fingerprint density at radius 1 is 1.19 bits per heavy atom. The minimum Gasteiger partial charge on any atom is -0.444 e. The number of hydrogen-bond donors (Lipinski definition) is 1. The van der Waals surface area contributed by atoms with E-state index in [1.54, 1.807) is 26.8 Å². The molecule has 2 fully saturated rings. The van der Waals surface area contributed by atoms with Gasteiger partial charge in [-0.25, -0.2) is 13.6 Å². The maximum atomic E-state index is 14.4. The normalized spacial score (nSPS) is 22.9. The SMILES string of the molecule is CC(C)(C)OC(=O)N1C[C@@H](Nc2c(F)cc(C#N)cc2F)C[C@H]1C(=O)N1CCC[C@H]1C#N. The summed E-state index contributed by atoms with van der Waals surface area (Å²) in [5.74, 6) is -2.27. The largest absolute Gasteiger partial charge is 0.444 e. The van der Waals surface area contributed by atoms with Gasteiger partial charge in [-0.2, -0.15) is 10.5 Å². The molecule has 3 atom stereocenters. The lowest BCUT2D eigenvalue weighted by molar-refractivity contribution is -0.135. The minimum absolute atomic E-state index is 0.0186. The highest BCUT2D eigenvalue weighted by Gasteiger charge is 2.45. The number of hydrogen-bond acceptors (Lipinski definition) is 6. The number of likely N-dealkylation sites (tertiary alicyclic amines) is 2. The van der Waals surface area contributed by atoms with Crippen LogP contribution in [0.2, 0.25) is 0 Å². The molecule has 0 bridgehead atoms. The van der Waals surface area contributed by atoms with E-state index in [0.717, 1.165) is 12.1 Å². The van der Waals surface area contributed by atoms with E-state index in [4.69, 9.17) is 10.00 Å². The molecular formula is C22H25F2N5O3. The molecule has 32 heavy (non-hydrogen) atoms. The van der Waals surface area contributed by atoms with Crippen LogP contribution in [0.4, 0.5) is 19.3 Å². The molecule has 2 aliphatic heterocycles. The van der Waals surface area contributed by atoms with Crippen LogP contribution in [0, 0.1) is 34.3 Å². The third kappa shape index (κ3) is 4.91. The average Bonchev–Trinajstić information content (AvgIpc) is 3.35. The molecule has 10 heteroatoms. The molecule has 170 valence electrons. The monoisotopic (exact) mass is 445 g/mol. The number of rotatable bonds is 3. The third-order valence-electron chi connectivity index (χ3n) is 5.42. The van der Waals surface area contributed by atoms with E-state index >= 15 is 0 Å². The quantitative estimate of drug-likeness (QED) is 0.766. The van der Waals surface area contributed by atoms with Gasteiger partial charge in [0.15, 0.2) is 11.6 Å². The van der Waals surface area contributed by atoms with Crippen LogP contribution in [0.1, 0.15) is 45.6 Å². The van der Waals surface area contributed by atoms with Crippen LogP contribution in [0.5, 0.6) is 0 Å². The molecule has 2 amide bonds. The molecule has 0 aliphatic carbocycles. The van der Waals surface area contributed by atoms with E-state index in [1.165, 1.54) is 9.80 Å². The molecule has 1 aromatic rings. The molecule has 1 aromatic carbocycles. The lowest BCUT2D eigenvalue weighted by Crippen LogP contribution is -2.50. The maximum Gasteiger partial charge on any atom is 0.411 e. The zero-order chi connectivity index (χ0) is 23.6. The Balaban J connectivity index is 1.85. The van der Waals surface area contributed by atoms with Crippen molar-refractivity contribution < 1.29 is 23.1 Å². The minimum atomic E-state index is -0.941. The first-order chi connectivity index (χ1) is 15.0. The number of halogens is 2. The molecule has 3 rings (SSSR count). The fourth-order valence-electron chi connectivity index (χ4n) is 4.03. The summed E-state index contributed by atoms with van der Waals surface area (Å²) in [4.78, 5) is 28.7. The number of benzene rings is 1. The van der Waals surface area contributed by atoms with Gasteiger partial charge >= 0.3 is 6.09 Å². The first-order valence-electron chi connectivity index (χ1n) is 10.4. The lowest BCUT2D eigenvalue weighted by Gasteiger charge is -2.30. The van der Waals surface area contributed by atoms with Gasteiger partial charge in [0.2, 0.25) is 5.91 Å². The fraction of sp³-hybridized carbons (Fsp3) is 0.545. The summed E-state index contributed by atoms with van der Waals surface area (Å²) in [6.45, 7) is 5.48. The van der Waals surface area contributed by atoms with E-state index in [9.17, 15) is 23.6 Å². The number of nitrogens with one attached hydrogen (secondary N) is 1. The molecule has 0 aromatic heterocycles. The lowest BCUT2D eigenvalue weighted by atomic mass is 10.1. The second-order valence-electron chi connectivity index (χ2n) is 8.97.